The van der Waals surface area contributed by atoms with Crippen LogP contribution in [0.15, 0.2) is 47.4 Å². The Morgan fingerprint density at radius 3 is 2.50 bits per heavy atom. The number of carbonyl (C=O) groups excluding carboxylic acids is 2. The molecule has 0 N–H and O–H groups in total. The van der Waals surface area contributed by atoms with Gasteiger partial charge in [-0.2, -0.15) is 0 Å². The minimum absolute atomic E-state index is 0.108. The quantitative estimate of drug-likeness (QED) is 0.381. The van der Waals surface area contributed by atoms with Crippen molar-refractivity contribution in [3.05, 3.63) is 64.3 Å². The highest BCUT2D eigenvalue weighted by Gasteiger charge is 2.35. The molecule has 0 bridgehead atoms. The zero-order valence-electron chi connectivity index (χ0n) is 17.0. The van der Waals surface area contributed by atoms with Crippen molar-refractivity contribution in [2.75, 3.05) is 13.2 Å². The maximum atomic E-state index is 13.1. The largest absolute Gasteiger partial charge is 0.490 e. The standard InChI is InChI=1S/C23H24FNO4S/c1-3-5-12-29-19-11-8-17(13-20(19)28-4-2)14-21-22(26)25(23(27)30-21)15-16-6-9-18(24)10-7-16/h6-11,13-14H,3-5,12,15H2,1-2H3/b21-14-. The molecule has 2 aromatic carbocycles. The van der Waals surface area contributed by atoms with Crippen molar-refractivity contribution < 1.29 is 23.5 Å². The molecule has 1 saturated heterocycles. The van der Waals surface area contributed by atoms with Crippen molar-refractivity contribution in [2.45, 2.75) is 33.2 Å². The maximum absolute atomic E-state index is 13.1. The third-order valence-corrected chi connectivity index (χ3v) is 5.36. The van der Waals surface area contributed by atoms with Gasteiger partial charge in [0.2, 0.25) is 0 Å². The van der Waals surface area contributed by atoms with Crippen molar-refractivity contribution >= 4 is 29.0 Å². The van der Waals surface area contributed by atoms with Gasteiger partial charge in [0.05, 0.1) is 24.7 Å². The lowest BCUT2D eigenvalue weighted by Gasteiger charge is -2.13. The van der Waals surface area contributed by atoms with E-state index in [1.54, 1.807) is 24.3 Å². The van der Waals surface area contributed by atoms with Crippen LogP contribution in [-0.2, 0) is 11.3 Å². The smallest absolute Gasteiger partial charge is 0.293 e. The summed E-state index contributed by atoms with van der Waals surface area (Å²) in [4.78, 5) is 26.6. The fourth-order valence-electron chi connectivity index (χ4n) is 2.89. The van der Waals surface area contributed by atoms with E-state index < -0.39 is 0 Å². The molecule has 0 unspecified atom stereocenters. The molecule has 30 heavy (non-hydrogen) atoms. The number of unbranched alkanes of at least 4 members (excludes halogenated alkanes) is 1. The Bertz CT molecular complexity index is 943. The highest BCUT2D eigenvalue weighted by Crippen LogP contribution is 2.35. The van der Waals surface area contributed by atoms with Crippen LogP contribution >= 0.6 is 11.8 Å². The van der Waals surface area contributed by atoms with E-state index >= 15 is 0 Å². The van der Waals surface area contributed by atoms with Crippen molar-refractivity contribution in [1.29, 1.82) is 0 Å². The SMILES string of the molecule is CCCCOc1ccc(/C=C2\SC(=O)N(Cc3ccc(F)cc3)C2=O)cc1OCC. The fraction of sp³-hybridized carbons (Fsp3) is 0.304. The molecule has 0 spiro atoms. The number of amides is 2. The summed E-state index contributed by atoms with van der Waals surface area (Å²) in [6.07, 6.45) is 3.67. The second-order valence-corrected chi connectivity index (χ2v) is 7.73. The summed E-state index contributed by atoms with van der Waals surface area (Å²) in [5.41, 5.74) is 1.43. The molecule has 0 aliphatic carbocycles. The van der Waals surface area contributed by atoms with Gasteiger partial charge in [-0.15, -0.1) is 0 Å². The number of nitrogens with zero attached hydrogens (tertiary/aromatic N) is 1. The summed E-state index contributed by atoms with van der Waals surface area (Å²) in [7, 11) is 0. The van der Waals surface area contributed by atoms with Crippen LogP contribution in [0.3, 0.4) is 0 Å². The van der Waals surface area contributed by atoms with Gasteiger partial charge in [0.1, 0.15) is 5.82 Å². The van der Waals surface area contributed by atoms with E-state index in [1.165, 1.54) is 12.1 Å². The van der Waals surface area contributed by atoms with Gasteiger partial charge in [0.15, 0.2) is 11.5 Å². The normalized spacial score (nSPS) is 15.2. The Kier molecular flexibility index (Phi) is 7.52. The molecule has 0 atom stereocenters. The van der Waals surface area contributed by atoms with E-state index in [4.69, 9.17) is 9.47 Å². The highest BCUT2D eigenvalue weighted by atomic mass is 32.2. The Morgan fingerprint density at radius 1 is 1.03 bits per heavy atom. The molecule has 1 aliphatic heterocycles. The van der Waals surface area contributed by atoms with E-state index in [0.29, 0.717) is 35.2 Å². The Morgan fingerprint density at radius 2 is 1.80 bits per heavy atom. The third-order valence-electron chi connectivity index (χ3n) is 4.45. The molecule has 0 aromatic heterocycles. The zero-order chi connectivity index (χ0) is 21.5. The molecule has 3 rings (SSSR count). The molecule has 2 amide bonds. The van der Waals surface area contributed by atoms with Crippen molar-refractivity contribution in [3.63, 3.8) is 0 Å². The first-order chi connectivity index (χ1) is 14.5. The van der Waals surface area contributed by atoms with Gasteiger partial charge in [-0.1, -0.05) is 31.5 Å². The van der Waals surface area contributed by atoms with Gasteiger partial charge in [0.25, 0.3) is 11.1 Å². The van der Waals surface area contributed by atoms with E-state index in [-0.39, 0.29) is 23.5 Å². The Balaban J connectivity index is 1.77. The van der Waals surface area contributed by atoms with Crippen LogP contribution in [0.4, 0.5) is 9.18 Å². The number of thioether (sulfide) groups is 1. The molecule has 1 fully saturated rings. The Hall–Kier alpha value is -2.80. The number of rotatable bonds is 9. The van der Waals surface area contributed by atoms with Crippen molar-refractivity contribution in [2.24, 2.45) is 0 Å². The average molecular weight is 430 g/mol. The summed E-state index contributed by atoms with van der Waals surface area (Å²) in [6, 6.07) is 11.2. The van der Waals surface area contributed by atoms with Gasteiger partial charge in [-0.25, -0.2) is 4.39 Å². The van der Waals surface area contributed by atoms with Crippen LogP contribution in [0.1, 0.15) is 37.8 Å². The van der Waals surface area contributed by atoms with Gasteiger partial charge in [-0.05, 0) is 66.6 Å². The van der Waals surface area contributed by atoms with E-state index in [2.05, 4.69) is 6.92 Å². The summed E-state index contributed by atoms with van der Waals surface area (Å²) in [5.74, 6) is 0.537. The lowest BCUT2D eigenvalue weighted by molar-refractivity contribution is -0.123. The molecule has 0 saturated carbocycles. The first kappa shape index (κ1) is 21.9. The van der Waals surface area contributed by atoms with Crippen LogP contribution < -0.4 is 9.47 Å². The number of imide groups is 1. The summed E-state index contributed by atoms with van der Waals surface area (Å²) >= 11 is 0.892. The second kappa shape index (κ2) is 10.3. The van der Waals surface area contributed by atoms with Crippen LogP contribution in [0.5, 0.6) is 11.5 Å². The number of ether oxygens (including phenoxy) is 2. The monoisotopic (exact) mass is 429 g/mol. The molecule has 5 nitrogen and oxygen atoms in total. The van der Waals surface area contributed by atoms with Crippen LogP contribution in [0.2, 0.25) is 0 Å². The van der Waals surface area contributed by atoms with Gasteiger partial charge >= 0.3 is 0 Å². The molecule has 7 heteroatoms. The van der Waals surface area contributed by atoms with Gasteiger partial charge in [0, 0.05) is 0 Å². The molecular formula is C23H24FNO4S. The molecule has 1 heterocycles. The highest BCUT2D eigenvalue weighted by molar-refractivity contribution is 8.18. The van der Waals surface area contributed by atoms with Crippen LogP contribution in [0.25, 0.3) is 6.08 Å². The minimum Gasteiger partial charge on any atom is -0.490 e. The zero-order valence-corrected chi connectivity index (χ0v) is 17.8. The lowest BCUT2D eigenvalue weighted by Crippen LogP contribution is -2.27. The van der Waals surface area contributed by atoms with E-state index in [1.807, 2.05) is 19.1 Å². The van der Waals surface area contributed by atoms with Gasteiger partial charge in [-0.3, -0.25) is 14.5 Å². The summed E-state index contributed by atoms with van der Waals surface area (Å²) in [5, 5.41) is -0.347. The molecule has 0 radical (unpaired) electrons. The van der Waals surface area contributed by atoms with Gasteiger partial charge < -0.3 is 9.47 Å². The van der Waals surface area contributed by atoms with Crippen LogP contribution in [-0.4, -0.2) is 29.3 Å². The first-order valence-electron chi connectivity index (χ1n) is 9.91. The third kappa shape index (κ3) is 5.42. The average Bonchev–Trinajstić information content (AvgIpc) is 2.99. The minimum atomic E-state index is -0.365. The topological polar surface area (TPSA) is 55.8 Å². The summed E-state index contributed by atoms with van der Waals surface area (Å²) in [6.45, 7) is 5.19. The number of carbonyl (C=O) groups is 2. The molecule has 1 aliphatic rings. The van der Waals surface area contributed by atoms with E-state index in [9.17, 15) is 14.0 Å². The number of hydrogen-bond acceptors (Lipinski definition) is 5. The Labute approximate surface area is 179 Å². The fourth-order valence-corrected chi connectivity index (χ4v) is 3.73. The molecule has 2 aromatic rings. The number of halogens is 1. The first-order valence-corrected chi connectivity index (χ1v) is 10.7. The molecular weight excluding hydrogens is 405 g/mol. The number of benzene rings is 2. The lowest BCUT2D eigenvalue weighted by atomic mass is 10.1. The number of hydrogen-bond donors (Lipinski definition) is 0. The van der Waals surface area contributed by atoms with Crippen LogP contribution in [0, 0.1) is 5.82 Å². The van der Waals surface area contributed by atoms with Crippen molar-refractivity contribution in [1.82, 2.24) is 4.90 Å². The van der Waals surface area contributed by atoms with Crippen molar-refractivity contribution in [3.8, 4) is 11.5 Å². The predicted octanol–water partition coefficient (Wildman–Crippen LogP) is 5.64. The predicted molar refractivity (Wildman–Crippen MR) is 116 cm³/mol. The molecule has 158 valence electrons. The maximum Gasteiger partial charge on any atom is 0.293 e. The van der Waals surface area contributed by atoms with E-state index in [0.717, 1.165) is 35.1 Å². The summed E-state index contributed by atoms with van der Waals surface area (Å²) < 4.78 is 24.5. The second-order valence-electron chi connectivity index (χ2n) is 6.74.